The number of ether oxygens (including phenoxy) is 2. The standard InChI is InChI=1S/C13H22O3.C13H22O2/c1-4-16-12(15)13(9-11(3)14)7-5-10(2)6-8-13;1-4-8-13(12(14)15-5-2)9-6-11(3)7-10-13/h10H,4-9H2,1-3H3;4,11H,1,5-10H2,2-3H3. The molecular weight excluding hydrogens is 392 g/mol. The van der Waals surface area contributed by atoms with Crippen molar-refractivity contribution in [3.63, 3.8) is 0 Å². The Bertz CT molecular complexity index is 593. The van der Waals surface area contributed by atoms with Crippen LogP contribution in [0.25, 0.3) is 0 Å². The fraction of sp³-hybridized carbons (Fsp3) is 0.808. The average Bonchev–Trinajstić information content (AvgIpc) is 2.72. The summed E-state index contributed by atoms with van der Waals surface area (Å²) in [5, 5.41) is 0. The van der Waals surface area contributed by atoms with E-state index in [-0.39, 0.29) is 23.1 Å². The zero-order valence-corrected chi connectivity index (χ0v) is 20.5. The van der Waals surface area contributed by atoms with Gasteiger partial charge in [-0.3, -0.25) is 14.4 Å². The molecule has 5 nitrogen and oxygen atoms in total. The van der Waals surface area contributed by atoms with Gasteiger partial charge in [-0.1, -0.05) is 19.9 Å². The number of esters is 2. The Morgan fingerprint density at radius 3 is 1.58 bits per heavy atom. The van der Waals surface area contributed by atoms with E-state index in [4.69, 9.17) is 9.47 Å². The van der Waals surface area contributed by atoms with Gasteiger partial charge in [0, 0.05) is 6.42 Å². The first-order valence-corrected chi connectivity index (χ1v) is 12.1. The van der Waals surface area contributed by atoms with Crippen molar-refractivity contribution in [2.75, 3.05) is 13.2 Å². The molecule has 0 bridgehead atoms. The van der Waals surface area contributed by atoms with Crippen molar-refractivity contribution in [3.05, 3.63) is 12.7 Å². The maximum atomic E-state index is 12.0. The molecule has 31 heavy (non-hydrogen) atoms. The maximum absolute atomic E-state index is 12.0. The van der Waals surface area contributed by atoms with Crippen molar-refractivity contribution in [3.8, 4) is 0 Å². The number of carbonyl (C=O) groups excluding carboxylic acids is 3. The van der Waals surface area contributed by atoms with E-state index in [1.54, 1.807) is 6.92 Å². The molecule has 0 amide bonds. The van der Waals surface area contributed by atoms with Crippen molar-refractivity contribution in [1.29, 1.82) is 0 Å². The minimum Gasteiger partial charge on any atom is -0.466 e. The molecular formula is C26H44O5. The van der Waals surface area contributed by atoms with Crippen molar-refractivity contribution in [2.45, 2.75) is 98.8 Å². The number of allylic oxidation sites excluding steroid dienone is 1. The smallest absolute Gasteiger partial charge is 0.312 e. The molecule has 0 radical (unpaired) electrons. The van der Waals surface area contributed by atoms with Crippen LogP contribution in [-0.2, 0) is 23.9 Å². The highest BCUT2D eigenvalue weighted by atomic mass is 16.5. The zero-order valence-electron chi connectivity index (χ0n) is 20.5. The van der Waals surface area contributed by atoms with E-state index < -0.39 is 5.41 Å². The van der Waals surface area contributed by atoms with Crippen LogP contribution >= 0.6 is 0 Å². The van der Waals surface area contributed by atoms with Crippen LogP contribution in [-0.4, -0.2) is 30.9 Å². The van der Waals surface area contributed by atoms with E-state index in [2.05, 4.69) is 20.4 Å². The lowest BCUT2D eigenvalue weighted by Gasteiger charge is -2.36. The summed E-state index contributed by atoms with van der Waals surface area (Å²) >= 11 is 0. The third-order valence-electron chi connectivity index (χ3n) is 7.00. The number of hydrogen-bond donors (Lipinski definition) is 0. The van der Waals surface area contributed by atoms with Crippen LogP contribution in [0.5, 0.6) is 0 Å². The van der Waals surface area contributed by atoms with Gasteiger partial charge in [0.15, 0.2) is 0 Å². The first kappa shape index (κ1) is 27.4. The van der Waals surface area contributed by atoms with Crippen LogP contribution in [0.15, 0.2) is 12.7 Å². The summed E-state index contributed by atoms with van der Waals surface area (Å²) < 4.78 is 10.3. The molecule has 0 heterocycles. The quantitative estimate of drug-likeness (QED) is 0.342. The normalized spacial score (nSPS) is 30.4. The second kappa shape index (κ2) is 13.0. The molecule has 0 aromatic carbocycles. The van der Waals surface area contributed by atoms with Crippen LogP contribution in [0, 0.1) is 22.7 Å². The second-order valence-corrected chi connectivity index (χ2v) is 9.74. The summed E-state index contributed by atoms with van der Waals surface area (Å²) in [7, 11) is 0. The van der Waals surface area contributed by atoms with E-state index in [1.165, 1.54) is 0 Å². The third-order valence-corrected chi connectivity index (χ3v) is 7.00. The third kappa shape index (κ3) is 8.08. The fourth-order valence-electron chi connectivity index (χ4n) is 4.90. The predicted octanol–water partition coefficient (Wildman–Crippen LogP) is 6.05. The van der Waals surface area contributed by atoms with Gasteiger partial charge in [-0.15, -0.1) is 6.58 Å². The Morgan fingerprint density at radius 2 is 1.23 bits per heavy atom. The number of Topliss-reactive ketones (excluding diaryl/α,β-unsaturated/α-hetero) is 1. The maximum Gasteiger partial charge on any atom is 0.312 e. The molecule has 0 atom stereocenters. The Hall–Kier alpha value is -1.65. The monoisotopic (exact) mass is 436 g/mol. The van der Waals surface area contributed by atoms with Gasteiger partial charge in [0.25, 0.3) is 0 Å². The fourth-order valence-corrected chi connectivity index (χ4v) is 4.90. The van der Waals surface area contributed by atoms with Crippen molar-refractivity contribution < 1.29 is 23.9 Å². The molecule has 0 aliphatic heterocycles. The van der Waals surface area contributed by atoms with Gasteiger partial charge in [-0.25, -0.2) is 0 Å². The highest BCUT2D eigenvalue weighted by molar-refractivity contribution is 5.85. The lowest BCUT2D eigenvalue weighted by atomic mass is 9.68. The second-order valence-electron chi connectivity index (χ2n) is 9.74. The molecule has 2 saturated carbocycles. The van der Waals surface area contributed by atoms with E-state index >= 15 is 0 Å². The molecule has 5 heteroatoms. The van der Waals surface area contributed by atoms with Crippen molar-refractivity contribution in [1.82, 2.24) is 0 Å². The lowest BCUT2D eigenvalue weighted by Crippen LogP contribution is -2.38. The first-order valence-electron chi connectivity index (χ1n) is 12.1. The highest BCUT2D eigenvalue weighted by Crippen LogP contribution is 2.43. The van der Waals surface area contributed by atoms with Crippen LogP contribution in [0.1, 0.15) is 98.8 Å². The zero-order chi connectivity index (χ0) is 23.5. The van der Waals surface area contributed by atoms with E-state index in [0.29, 0.717) is 25.6 Å². The average molecular weight is 437 g/mol. The Balaban J connectivity index is 0.000000311. The molecule has 2 rings (SSSR count). The van der Waals surface area contributed by atoms with E-state index in [1.807, 2.05) is 19.9 Å². The molecule has 2 aliphatic rings. The van der Waals surface area contributed by atoms with Crippen LogP contribution < -0.4 is 0 Å². The Morgan fingerprint density at radius 1 is 0.839 bits per heavy atom. The van der Waals surface area contributed by atoms with Gasteiger partial charge < -0.3 is 9.47 Å². The molecule has 0 aromatic rings. The van der Waals surface area contributed by atoms with Crippen molar-refractivity contribution in [2.24, 2.45) is 22.7 Å². The minimum atomic E-state index is -0.519. The van der Waals surface area contributed by atoms with Crippen LogP contribution in [0.3, 0.4) is 0 Å². The Labute approximate surface area is 189 Å². The molecule has 0 unspecified atom stereocenters. The first-order chi connectivity index (χ1) is 14.6. The SMILES string of the molecule is C=CCC1(C(=O)OCC)CCC(C)CC1.CCOC(=O)C1(CC(C)=O)CCC(C)CC1. The Kier molecular flexibility index (Phi) is 11.5. The molecule has 0 spiro atoms. The minimum absolute atomic E-state index is 0.0169. The largest absolute Gasteiger partial charge is 0.466 e. The van der Waals surface area contributed by atoms with Gasteiger partial charge in [-0.05, 0) is 90.4 Å². The lowest BCUT2D eigenvalue weighted by molar-refractivity contribution is -0.160. The molecule has 178 valence electrons. The van der Waals surface area contributed by atoms with Gasteiger partial charge in [0.1, 0.15) is 5.78 Å². The number of hydrogen-bond acceptors (Lipinski definition) is 5. The summed E-state index contributed by atoms with van der Waals surface area (Å²) in [5.74, 6) is 1.31. The number of rotatable bonds is 8. The van der Waals surface area contributed by atoms with Gasteiger partial charge in [0.05, 0.1) is 24.0 Å². The molecule has 0 saturated heterocycles. The molecule has 2 aliphatic carbocycles. The molecule has 0 aromatic heterocycles. The van der Waals surface area contributed by atoms with Gasteiger partial charge >= 0.3 is 11.9 Å². The summed E-state index contributed by atoms with van der Waals surface area (Å²) in [4.78, 5) is 35.2. The summed E-state index contributed by atoms with van der Waals surface area (Å²) in [5.41, 5.74) is -0.779. The van der Waals surface area contributed by atoms with Crippen LogP contribution in [0.4, 0.5) is 0 Å². The predicted molar refractivity (Wildman–Crippen MR) is 124 cm³/mol. The summed E-state index contributed by atoms with van der Waals surface area (Å²) in [6.45, 7) is 14.3. The number of ketones is 1. The summed E-state index contributed by atoms with van der Waals surface area (Å²) in [6.07, 6.45) is 10.8. The topological polar surface area (TPSA) is 69.7 Å². The van der Waals surface area contributed by atoms with E-state index in [0.717, 1.165) is 63.7 Å². The van der Waals surface area contributed by atoms with Gasteiger partial charge in [0.2, 0.25) is 0 Å². The highest BCUT2D eigenvalue weighted by Gasteiger charge is 2.43. The number of carbonyl (C=O) groups is 3. The molecule has 2 fully saturated rings. The van der Waals surface area contributed by atoms with E-state index in [9.17, 15) is 14.4 Å². The van der Waals surface area contributed by atoms with Crippen molar-refractivity contribution >= 4 is 17.7 Å². The molecule has 0 N–H and O–H groups in total. The summed E-state index contributed by atoms with van der Waals surface area (Å²) in [6, 6.07) is 0. The van der Waals surface area contributed by atoms with Gasteiger partial charge in [-0.2, -0.15) is 0 Å². The van der Waals surface area contributed by atoms with Crippen LogP contribution in [0.2, 0.25) is 0 Å².